The first-order valence-corrected chi connectivity index (χ1v) is 11.6. The molecule has 4 aromatic rings. The largest absolute Gasteiger partial charge is 0.387 e. The summed E-state index contributed by atoms with van der Waals surface area (Å²) in [5, 5.41) is 4.41. The van der Waals surface area contributed by atoms with Crippen LogP contribution in [0.3, 0.4) is 0 Å². The molecule has 2 N–H and O–H groups in total. The van der Waals surface area contributed by atoms with E-state index in [4.69, 9.17) is 10.5 Å². The standard InChI is InChI=1S/C25H25N3O2S/c26-24(10-8-19-4-3-15-31-19)27-25(29)17-7-9-21-20-5-1-2-6-22(20)28(23(21)16-17)18-11-13-30-14-12-18/h1-7,9,15-16,18H,8,10-14H2,(H2,26,27,29). The number of para-hydroxylation sites is 1. The van der Waals surface area contributed by atoms with Gasteiger partial charge in [0.15, 0.2) is 0 Å². The van der Waals surface area contributed by atoms with Gasteiger partial charge in [-0.3, -0.25) is 4.79 Å². The smallest absolute Gasteiger partial charge is 0.278 e. The van der Waals surface area contributed by atoms with Crippen molar-refractivity contribution in [2.45, 2.75) is 31.7 Å². The molecule has 5 nitrogen and oxygen atoms in total. The van der Waals surface area contributed by atoms with E-state index in [1.54, 1.807) is 11.3 Å². The van der Waals surface area contributed by atoms with Crippen LogP contribution in [-0.2, 0) is 11.2 Å². The molecule has 0 saturated carbocycles. The van der Waals surface area contributed by atoms with Crippen molar-refractivity contribution < 1.29 is 9.53 Å². The highest BCUT2D eigenvalue weighted by atomic mass is 32.1. The van der Waals surface area contributed by atoms with Gasteiger partial charge in [0.2, 0.25) is 0 Å². The molecule has 31 heavy (non-hydrogen) atoms. The Hall–Kier alpha value is -2.96. The highest BCUT2D eigenvalue weighted by molar-refractivity contribution is 7.09. The number of rotatable bonds is 5. The lowest BCUT2D eigenvalue weighted by molar-refractivity contribution is 0.0717. The number of ether oxygens (including phenoxy) is 1. The molecule has 0 radical (unpaired) electrons. The second-order valence-electron chi connectivity index (χ2n) is 7.95. The number of fused-ring (bicyclic) bond motifs is 3. The van der Waals surface area contributed by atoms with Crippen molar-refractivity contribution in [3.63, 3.8) is 0 Å². The number of nitrogens with zero attached hydrogens (tertiary/aromatic N) is 2. The Kier molecular flexibility index (Phi) is 5.57. The van der Waals surface area contributed by atoms with Crippen LogP contribution in [0.2, 0.25) is 0 Å². The van der Waals surface area contributed by atoms with Crippen molar-refractivity contribution in [2.24, 2.45) is 10.7 Å². The second-order valence-corrected chi connectivity index (χ2v) is 8.98. The number of carbonyl (C=O) groups is 1. The molecule has 158 valence electrons. The number of amidine groups is 1. The van der Waals surface area contributed by atoms with Crippen molar-refractivity contribution in [3.8, 4) is 0 Å². The van der Waals surface area contributed by atoms with Crippen LogP contribution in [0.25, 0.3) is 21.8 Å². The third kappa shape index (κ3) is 4.01. The van der Waals surface area contributed by atoms with Crippen LogP contribution in [0.15, 0.2) is 65.0 Å². The zero-order chi connectivity index (χ0) is 21.2. The van der Waals surface area contributed by atoms with Crippen molar-refractivity contribution in [1.29, 1.82) is 0 Å². The van der Waals surface area contributed by atoms with E-state index in [9.17, 15) is 4.79 Å². The molecule has 1 amide bonds. The van der Waals surface area contributed by atoms with Crippen LogP contribution in [0.5, 0.6) is 0 Å². The normalized spacial score (nSPS) is 15.7. The molecule has 2 aromatic heterocycles. The molecular formula is C25H25N3O2S. The van der Waals surface area contributed by atoms with Crippen molar-refractivity contribution >= 4 is 44.9 Å². The number of aliphatic imine (C=N–C) groups is 1. The van der Waals surface area contributed by atoms with Crippen LogP contribution in [0.1, 0.15) is 40.5 Å². The molecule has 1 saturated heterocycles. The quantitative estimate of drug-likeness (QED) is 0.343. The summed E-state index contributed by atoms with van der Waals surface area (Å²) in [6.45, 7) is 1.53. The topological polar surface area (TPSA) is 69.6 Å². The molecule has 1 aliphatic rings. The molecule has 0 atom stereocenters. The van der Waals surface area contributed by atoms with Gasteiger partial charge in [0.05, 0.1) is 5.52 Å². The van der Waals surface area contributed by atoms with Gasteiger partial charge in [-0.05, 0) is 48.9 Å². The minimum atomic E-state index is -0.283. The number of aryl methyl sites for hydroxylation is 1. The van der Waals surface area contributed by atoms with Crippen LogP contribution >= 0.6 is 11.3 Å². The van der Waals surface area contributed by atoms with Gasteiger partial charge < -0.3 is 15.0 Å². The minimum Gasteiger partial charge on any atom is -0.387 e. The van der Waals surface area contributed by atoms with E-state index in [1.165, 1.54) is 15.8 Å². The maximum Gasteiger partial charge on any atom is 0.278 e. The summed E-state index contributed by atoms with van der Waals surface area (Å²) < 4.78 is 7.96. The summed E-state index contributed by atoms with van der Waals surface area (Å²) in [5.41, 5.74) is 8.91. The first-order chi connectivity index (χ1) is 15.2. The second kappa shape index (κ2) is 8.65. The molecule has 1 fully saturated rings. The van der Waals surface area contributed by atoms with Crippen LogP contribution < -0.4 is 5.73 Å². The number of thiophene rings is 1. The number of amides is 1. The van der Waals surface area contributed by atoms with Crippen molar-refractivity contribution in [1.82, 2.24) is 4.57 Å². The van der Waals surface area contributed by atoms with Crippen LogP contribution in [0.4, 0.5) is 0 Å². The summed E-state index contributed by atoms with van der Waals surface area (Å²) >= 11 is 1.69. The van der Waals surface area contributed by atoms with Gasteiger partial charge >= 0.3 is 0 Å². The monoisotopic (exact) mass is 431 g/mol. The van der Waals surface area contributed by atoms with Gasteiger partial charge in [0.25, 0.3) is 5.91 Å². The maximum absolute atomic E-state index is 12.9. The van der Waals surface area contributed by atoms with Crippen molar-refractivity contribution in [3.05, 3.63) is 70.4 Å². The average molecular weight is 432 g/mol. The summed E-state index contributed by atoms with van der Waals surface area (Å²) in [5.74, 6) is 0.0952. The Morgan fingerprint density at radius 1 is 1.06 bits per heavy atom. The van der Waals surface area contributed by atoms with E-state index in [0.717, 1.165) is 43.4 Å². The highest BCUT2D eigenvalue weighted by Crippen LogP contribution is 2.35. The third-order valence-corrected chi connectivity index (χ3v) is 6.90. The molecule has 0 spiro atoms. The van der Waals surface area contributed by atoms with Crippen molar-refractivity contribution in [2.75, 3.05) is 13.2 Å². The fourth-order valence-electron chi connectivity index (χ4n) is 4.43. The first kappa shape index (κ1) is 20.0. The van der Waals surface area contributed by atoms with Gasteiger partial charge in [-0.2, -0.15) is 4.99 Å². The Balaban J connectivity index is 1.49. The molecule has 2 aromatic carbocycles. The Morgan fingerprint density at radius 3 is 2.68 bits per heavy atom. The highest BCUT2D eigenvalue weighted by Gasteiger charge is 2.21. The summed E-state index contributed by atoms with van der Waals surface area (Å²) in [7, 11) is 0. The van der Waals surface area contributed by atoms with Gasteiger partial charge in [-0.1, -0.05) is 30.3 Å². The number of nitrogens with two attached hydrogens (primary N) is 1. The fourth-order valence-corrected chi connectivity index (χ4v) is 5.14. The average Bonchev–Trinajstić information content (AvgIpc) is 3.44. The SMILES string of the molecule is NC(CCc1cccs1)=NC(=O)c1ccc2c3ccccc3n(C3CCOCC3)c2c1. The zero-order valence-electron chi connectivity index (χ0n) is 17.3. The predicted octanol–water partition coefficient (Wildman–Crippen LogP) is 5.34. The van der Waals surface area contributed by atoms with Gasteiger partial charge in [-0.15, -0.1) is 11.3 Å². The number of aromatic nitrogens is 1. The molecule has 3 heterocycles. The Bertz CT molecular complexity index is 1250. The molecule has 0 bridgehead atoms. The molecule has 1 aliphatic heterocycles. The van der Waals surface area contributed by atoms with E-state index in [1.807, 2.05) is 29.6 Å². The molecular weight excluding hydrogens is 406 g/mol. The number of carbonyl (C=O) groups excluding carboxylic acids is 1. The van der Waals surface area contributed by atoms with Gasteiger partial charge in [0.1, 0.15) is 5.84 Å². The first-order valence-electron chi connectivity index (χ1n) is 10.7. The Morgan fingerprint density at radius 2 is 1.87 bits per heavy atom. The lowest BCUT2D eigenvalue weighted by Gasteiger charge is -2.25. The van der Waals surface area contributed by atoms with E-state index in [0.29, 0.717) is 23.9 Å². The maximum atomic E-state index is 12.9. The number of hydrogen-bond donors (Lipinski definition) is 1. The van der Waals surface area contributed by atoms with Gasteiger partial charge in [0, 0.05) is 52.4 Å². The summed E-state index contributed by atoms with van der Waals surface area (Å²) in [6.07, 6.45) is 3.33. The van der Waals surface area contributed by atoms with E-state index < -0.39 is 0 Å². The molecule has 6 heteroatoms. The van der Waals surface area contributed by atoms with E-state index in [-0.39, 0.29) is 5.91 Å². The summed E-state index contributed by atoms with van der Waals surface area (Å²) in [6, 6.07) is 18.8. The Labute approximate surface area is 185 Å². The number of benzene rings is 2. The third-order valence-electron chi connectivity index (χ3n) is 5.97. The number of hydrogen-bond acceptors (Lipinski definition) is 3. The van der Waals surface area contributed by atoms with E-state index in [2.05, 4.69) is 39.9 Å². The minimum absolute atomic E-state index is 0.283. The summed E-state index contributed by atoms with van der Waals surface area (Å²) in [4.78, 5) is 18.3. The van der Waals surface area contributed by atoms with Crippen LogP contribution in [0, 0.1) is 0 Å². The van der Waals surface area contributed by atoms with Crippen LogP contribution in [-0.4, -0.2) is 29.5 Å². The molecule has 0 unspecified atom stereocenters. The molecule has 0 aliphatic carbocycles. The molecule has 5 rings (SSSR count). The predicted molar refractivity (Wildman–Crippen MR) is 127 cm³/mol. The lowest BCUT2D eigenvalue weighted by atomic mass is 10.1. The lowest BCUT2D eigenvalue weighted by Crippen LogP contribution is -2.19. The zero-order valence-corrected chi connectivity index (χ0v) is 18.1. The van der Waals surface area contributed by atoms with Gasteiger partial charge in [-0.25, -0.2) is 0 Å². The fraction of sp³-hybridized carbons (Fsp3) is 0.280. The van der Waals surface area contributed by atoms with E-state index >= 15 is 0 Å².